The second kappa shape index (κ2) is 6.85. The zero-order valence-electron chi connectivity index (χ0n) is 10.7. The number of nitrogens with zero attached hydrogens (tertiary/aromatic N) is 2. The van der Waals surface area contributed by atoms with Gasteiger partial charge in [-0.3, -0.25) is 10.4 Å². The van der Waals surface area contributed by atoms with E-state index in [1.165, 1.54) is 5.56 Å². The maximum absolute atomic E-state index is 5.40. The molecule has 0 aliphatic heterocycles. The van der Waals surface area contributed by atoms with E-state index in [1.807, 2.05) is 19.2 Å². The lowest BCUT2D eigenvalue weighted by atomic mass is 10.2. The van der Waals surface area contributed by atoms with Gasteiger partial charge in [0.25, 0.3) is 0 Å². The van der Waals surface area contributed by atoms with Gasteiger partial charge in [-0.25, -0.2) is 10.8 Å². The summed E-state index contributed by atoms with van der Waals surface area (Å²) < 4.78 is 0. The van der Waals surface area contributed by atoms with Crippen molar-refractivity contribution in [1.82, 2.24) is 15.7 Å². The Hall–Kier alpha value is -1.62. The number of pyridine rings is 1. The van der Waals surface area contributed by atoms with Crippen LogP contribution in [0.5, 0.6) is 0 Å². The van der Waals surface area contributed by atoms with Crippen LogP contribution in [0.15, 0.2) is 23.5 Å². The molecule has 0 atom stereocenters. The molecule has 17 heavy (non-hydrogen) atoms. The maximum Gasteiger partial charge on any atom is 0.206 e. The van der Waals surface area contributed by atoms with Crippen LogP contribution in [-0.2, 0) is 6.54 Å². The first-order chi connectivity index (χ1) is 8.13. The minimum atomic E-state index is 0.550. The van der Waals surface area contributed by atoms with E-state index in [0.717, 1.165) is 12.1 Å². The quantitative estimate of drug-likeness (QED) is 0.314. The van der Waals surface area contributed by atoms with Gasteiger partial charge < -0.3 is 5.32 Å². The fraction of sp³-hybridized carbons (Fsp3) is 0.500. The summed E-state index contributed by atoms with van der Waals surface area (Å²) in [4.78, 5) is 8.46. The highest BCUT2D eigenvalue weighted by Gasteiger charge is 2.00. The van der Waals surface area contributed by atoms with Gasteiger partial charge in [-0.15, -0.1) is 0 Å². The Kier molecular flexibility index (Phi) is 5.42. The molecule has 0 bridgehead atoms. The number of rotatable bonds is 4. The van der Waals surface area contributed by atoms with E-state index >= 15 is 0 Å². The molecule has 0 radical (unpaired) electrons. The average molecular weight is 235 g/mol. The molecule has 5 heteroatoms. The molecule has 0 aliphatic rings. The lowest BCUT2D eigenvalue weighted by molar-refractivity contribution is 0.615. The minimum Gasteiger partial charge on any atom is -0.355 e. The molecular weight excluding hydrogens is 214 g/mol. The number of hydrogen-bond donors (Lipinski definition) is 3. The first kappa shape index (κ1) is 13.4. The number of nitrogens with one attached hydrogen (secondary N) is 2. The van der Waals surface area contributed by atoms with Gasteiger partial charge in [-0.1, -0.05) is 13.8 Å². The SMILES string of the molecule is Cc1ccncc1CN=C(NN)NCC(C)C. The van der Waals surface area contributed by atoms with Gasteiger partial charge in [-0.2, -0.15) is 0 Å². The summed E-state index contributed by atoms with van der Waals surface area (Å²) in [6.07, 6.45) is 3.61. The Morgan fingerprint density at radius 3 is 2.88 bits per heavy atom. The monoisotopic (exact) mass is 235 g/mol. The molecule has 0 saturated carbocycles. The molecule has 0 fully saturated rings. The molecular formula is C12H21N5. The van der Waals surface area contributed by atoms with E-state index in [2.05, 4.69) is 34.6 Å². The highest BCUT2D eigenvalue weighted by Crippen LogP contribution is 2.05. The largest absolute Gasteiger partial charge is 0.355 e. The van der Waals surface area contributed by atoms with E-state index < -0.39 is 0 Å². The number of aryl methyl sites for hydroxylation is 1. The fourth-order valence-electron chi connectivity index (χ4n) is 1.28. The summed E-state index contributed by atoms with van der Waals surface area (Å²) in [6.45, 7) is 7.72. The standard InChI is InChI=1S/C12H21N5/c1-9(2)6-15-12(17-13)16-8-11-7-14-5-4-10(11)3/h4-5,7,9H,6,8,13H2,1-3H3,(H2,15,16,17). The molecule has 5 nitrogen and oxygen atoms in total. The van der Waals surface area contributed by atoms with Crippen molar-refractivity contribution in [3.63, 3.8) is 0 Å². The van der Waals surface area contributed by atoms with Gasteiger partial charge >= 0.3 is 0 Å². The molecule has 1 heterocycles. The summed E-state index contributed by atoms with van der Waals surface area (Å²) in [5.41, 5.74) is 4.85. The number of hydrazine groups is 1. The molecule has 0 amide bonds. The number of aromatic nitrogens is 1. The Morgan fingerprint density at radius 2 is 2.29 bits per heavy atom. The second-order valence-corrected chi connectivity index (χ2v) is 4.39. The van der Waals surface area contributed by atoms with Crippen molar-refractivity contribution in [2.75, 3.05) is 6.54 Å². The Bertz CT molecular complexity index is 373. The van der Waals surface area contributed by atoms with Gasteiger partial charge in [0.1, 0.15) is 0 Å². The van der Waals surface area contributed by atoms with E-state index in [1.54, 1.807) is 6.20 Å². The van der Waals surface area contributed by atoms with Crippen LogP contribution < -0.4 is 16.6 Å². The first-order valence-corrected chi connectivity index (χ1v) is 5.78. The smallest absolute Gasteiger partial charge is 0.206 e. The van der Waals surface area contributed by atoms with Crippen LogP contribution in [0.4, 0.5) is 0 Å². The van der Waals surface area contributed by atoms with Crippen molar-refractivity contribution in [3.05, 3.63) is 29.6 Å². The molecule has 94 valence electrons. The maximum atomic E-state index is 5.40. The summed E-state index contributed by atoms with van der Waals surface area (Å²) in [5.74, 6) is 6.56. The van der Waals surface area contributed by atoms with Crippen LogP contribution in [-0.4, -0.2) is 17.5 Å². The zero-order chi connectivity index (χ0) is 12.7. The Balaban J connectivity index is 2.58. The molecule has 0 unspecified atom stereocenters. The molecule has 1 aromatic heterocycles. The van der Waals surface area contributed by atoms with Crippen LogP contribution in [0.1, 0.15) is 25.0 Å². The van der Waals surface area contributed by atoms with Crippen LogP contribution in [0.3, 0.4) is 0 Å². The Labute approximate surface area is 103 Å². The second-order valence-electron chi connectivity index (χ2n) is 4.39. The average Bonchev–Trinajstić information content (AvgIpc) is 2.31. The predicted molar refractivity (Wildman–Crippen MR) is 70.3 cm³/mol. The minimum absolute atomic E-state index is 0.550. The van der Waals surface area contributed by atoms with Crippen LogP contribution in [0.25, 0.3) is 0 Å². The number of hydrogen-bond acceptors (Lipinski definition) is 3. The van der Waals surface area contributed by atoms with Crippen molar-refractivity contribution < 1.29 is 0 Å². The van der Waals surface area contributed by atoms with Crippen LogP contribution >= 0.6 is 0 Å². The highest BCUT2D eigenvalue weighted by atomic mass is 15.3. The third-order valence-corrected chi connectivity index (χ3v) is 2.37. The van der Waals surface area contributed by atoms with E-state index in [4.69, 9.17) is 5.84 Å². The molecule has 0 spiro atoms. The van der Waals surface area contributed by atoms with E-state index in [0.29, 0.717) is 18.4 Å². The zero-order valence-corrected chi connectivity index (χ0v) is 10.7. The third-order valence-electron chi connectivity index (χ3n) is 2.37. The summed E-state index contributed by atoms with van der Waals surface area (Å²) in [6, 6.07) is 1.97. The van der Waals surface area contributed by atoms with Crippen molar-refractivity contribution >= 4 is 5.96 Å². The Morgan fingerprint density at radius 1 is 1.53 bits per heavy atom. The van der Waals surface area contributed by atoms with Gasteiger partial charge in [-0.05, 0) is 30.0 Å². The third kappa shape index (κ3) is 4.82. The first-order valence-electron chi connectivity index (χ1n) is 5.78. The van der Waals surface area contributed by atoms with Gasteiger partial charge in [0.2, 0.25) is 5.96 Å². The number of aliphatic imine (C=N–C) groups is 1. The fourth-order valence-corrected chi connectivity index (χ4v) is 1.28. The molecule has 0 saturated heterocycles. The van der Waals surface area contributed by atoms with E-state index in [-0.39, 0.29) is 0 Å². The summed E-state index contributed by atoms with van der Waals surface area (Å²) in [5, 5.41) is 3.15. The molecule has 0 aliphatic carbocycles. The van der Waals surface area contributed by atoms with Gasteiger partial charge in [0.05, 0.1) is 6.54 Å². The van der Waals surface area contributed by atoms with Crippen molar-refractivity contribution in [2.24, 2.45) is 16.8 Å². The van der Waals surface area contributed by atoms with Crippen LogP contribution in [0, 0.1) is 12.8 Å². The summed E-state index contributed by atoms with van der Waals surface area (Å²) >= 11 is 0. The molecule has 1 aromatic rings. The molecule has 0 aromatic carbocycles. The normalized spacial score (nSPS) is 11.7. The predicted octanol–water partition coefficient (Wildman–Crippen LogP) is 0.955. The van der Waals surface area contributed by atoms with Crippen LogP contribution in [0.2, 0.25) is 0 Å². The summed E-state index contributed by atoms with van der Waals surface area (Å²) in [7, 11) is 0. The van der Waals surface area contributed by atoms with Crippen molar-refractivity contribution in [3.8, 4) is 0 Å². The lowest BCUT2D eigenvalue weighted by Gasteiger charge is -2.11. The van der Waals surface area contributed by atoms with Gasteiger partial charge in [0, 0.05) is 18.9 Å². The number of guanidine groups is 1. The topological polar surface area (TPSA) is 75.3 Å². The number of nitrogens with two attached hydrogens (primary N) is 1. The van der Waals surface area contributed by atoms with Crippen molar-refractivity contribution in [2.45, 2.75) is 27.3 Å². The molecule has 1 rings (SSSR count). The van der Waals surface area contributed by atoms with Gasteiger partial charge in [0.15, 0.2) is 0 Å². The van der Waals surface area contributed by atoms with E-state index in [9.17, 15) is 0 Å². The highest BCUT2D eigenvalue weighted by molar-refractivity contribution is 5.79. The van der Waals surface area contributed by atoms with Crippen molar-refractivity contribution in [1.29, 1.82) is 0 Å². The molecule has 4 N–H and O–H groups in total. The lowest BCUT2D eigenvalue weighted by Crippen LogP contribution is -2.42.